The van der Waals surface area contributed by atoms with Crippen molar-refractivity contribution in [2.24, 2.45) is 0 Å². The van der Waals surface area contributed by atoms with Crippen LogP contribution in [0.4, 0.5) is 0 Å². The molecule has 0 aliphatic rings. The average molecular weight is 468 g/mol. The lowest BCUT2D eigenvalue weighted by molar-refractivity contribution is -0.121. The van der Waals surface area contributed by atoms with Crippen LogP contribution in [0.1, 0.15) is 24.7 Å². The van der Waals surface area contributed by atoms with Gasteiger partial charge in [-0.15, -0.1) is 10.2 Å². The van der Waals surface area contributed by atoms with Crippen LogP contribution in [0, 0.1) is 0 Å². The highest BCUT2D eigenvalue weighted by molar-refractivity contribution is 5.76. The number of nitrogens with one attached hydrogen (secondary N) is 2. The molecule has 3 rings (SSSR count). The molecule has 34 heavy (non-hydrogen) atoms. The number of ether oxygens (including phenoxy) is 3. The third-order valence-electron chi connectivity index (χ3n) is 4.91. The zero-order valence-electron chi connectivity index (χ0n) is 19.4. The lowest BCUT2D eigenvalue weighted by Crippen LogP contribution is -2.27. The second-order valence-electron chi connectivity index (χ2n) is 7.28. The fourth-order valence-corrected chi connectivity index (χ4v) is 3.14. The molecular weight excluding hydrogens is 438 g/mol. The number of benzene rings is 1. The molecule has 2 N–H and O–H groups in total. The van der Waals surface area contributed by atoms with Crippen molar-refractivity contribution in [1.82, 2.24) is 25.5 Å². The van der Waals surface area contributed by atoms with Gasteiger partial charge in [0.25, 0.3) is 5.56 Å². The Balaban J connectivity index is 1.54. The van der Waals surface area contributed by atoms with Gasteiger partial charge in [0.05, 0.1) is 13.7 Å². The van der Waals surface area contributed by atoms with E-state index in [1.165, 1.54) is 7.11 Å². The molecule has 0 spiro atoms. The summed E-state index contributed by atoms with van der Waals surface area (Å²) in [5.41, 5.74) is 1.34. The van der Waals surface area contributed by atoms with Gasteiger partial charge in [0.1, 0.15) is 12.3 Å². The van der Waals surface area contributed by atoms with Gasteiger partial charge in [0.15, 0.2) is 17.3 Å². The topological polar surface area (TPSA) is 128 Å². The Bertz CT molecular complexity index is 1120. The van der Waals surface area contributed by atoms with Gasteiger partial charge in [-0.2, -0.15) is 0 Å². The summed E-state index contributed by atoms with van der Waals surface area (Å²) in [5, 5.41) is 11.0. The van der Waals surface area contributed by atoms with Crippen LogP contribution in [-0.4, -0.2) is 59.5 Å². The predicted molar refractivity (Wildman–Crippen MR) is 126 cm³/mol. The van der Waals surface area contributed by atoms with E-state index in [0.29, 0.717) is 55.7 Å². The molecule has 1 aromatic carbocycles. The van der Waals surface area contributed by atoms with E-state index in [1.807, 2.05) is 25.1 Å². The minimum absolute atomic E-state index is 0.140. The highest BCUT2D eigenvalue weighted by Crippen LogP contribution is 2.31. The number of carbonyl (C=O) groups excluding carboxylic acids is 1. The number of pyridine rings is 1. The minimum Gasteiger partial charge on any atom is -0.493 e. The van der Waals surface area contributed by atoms with Crippen molar-refractivity contribution in [1.29, 1.82) is 0 Å². The Hall–Kier alpha value is -3.79. The summed E-state index contributed by atoms with van der Waals surface area (Å²) in [6.45, 7) is 3.89. The number of carbonyl (C=O) groups is 1. The Morgan fingerprint density at radius 1 is 1.09 bits per heavy atom. The number of aryl methyl sites for hydroxylation is 1. The maximum absolute atomic E-state index is 12.5. The number of hydrogen-bond donors (Lipinski definition) is 2. The summed E-state index contributed by atoms with van der Waals surface area (Å²) < 4.78 is 16.3. The first-order valence-electron chi connectivity index (χ1n) is 11.1. The van der Waals surface area contributed by atoms with Gasteiger partial charge in [-0.3, -0.25) is 14.6 Å². The zero-order chi connectivity index (χ0) is 24.2. The molecule has 10 heteroatoms. The van der Waals surface area contributed by atoms with Gasteiger partial charge < -0.3 is 24.5 Å². The third-order valence-corrected chi connectivity index (χ3v) is 4.91. The second-order valence-corrected chi connectivity index (χ2v) is 7.28. The van der Waals surface area contributed by atoms with Crippen molar-refractivity contribution in [3.8, 4) is 22.9 Å². The van der Waals surface area contributed by atoms with E-state index in [2.05, 4.69) is 25.5 Å². The number of rotatable bonds is 13. The molecule has 1 amide bonds. The van der Waals surface area contributed by atoms with E-state index < -0.39 is 0 Å². The summed E-state index contributed by atoms with van der Waals surface area (Å²) >= 11 is 0. The molecule has 0 radical (unpaired) electrons. The van der Waals surface area contributed by atoms with E-state index in [4.69, 9.17) is 14.2 Å². The number of H-pyrrole nitrogens is 1. The zero-order valence-corrected chi connectivity index (χ0v) is 19.4. The first-order chi connectivity index (χ1) is 16.6. The number of hydrogen-bond acceptors (Lipinski definition) is 8. The van der Waals surface area contributed by atoms with Crippen molar-refractivity contribution in [3.05, 3.63) is 64.3 Å². The summed E-state index contributed by atoms with van der Waals surface area (Å²) in [6, 6.07) is 10.9. The van der Waals surface area contributed by atoms with Gasteiger partial charge >= 0.3 is 0 Å². The summed E-state index contributed by atoms with van der Waals surface area (Å²) in [4.78, 5) is 31.5. The molecule has 2 heterocycles. The van der Waals surface area contributed by atoms with Crippen LogP contribution in [0.2, 0.25) is 0 Å². The average Bonchev–Trinajstić information content (AvgIpc) is 2.86. The molecule has 0 saturated heterocycles. The molecule has 0 bridgehead atoms. The van der Waals surface area contributed by atoms with Crippen LogP contribution in [0.25, 0.3) is 11.4 Å². The van der Waals surface area contributed by atoms with Crippen LogP contribution in [0.15, 0.2) is 47.4 Å². The Morgan fingerprint density at radius 2 is 1.97 bits per heavy atom. The van der Waals surface area contributed by atoms with E-state index >= 15 is 0 Å². The van der Waals surface area contributed by atoms with Crippen molar-refractivity contribution in [2.45, 2.75) is 26.2 Å². The van der Waals surface area contributed by atoms with Gasteiger partial charge in [0.2, 0.25) is 5.91 Å². The molecular formula is C24H29N5O5. The quantitative estimate of drug-likeness (QED) is 0.365. The maximum atomic E-state index is 12.5. The predicted octanol–water partition coefficient (Wildman–Crippen LogP) is 1.94. The van der Waals surface area contributed by atoms with Gasteiger partial charge in [0, 0.05) is 49.9 Å². The van der Waals surface area contributed by atoms with Crippen molar-refractivity contribution >= 4 is 5.91 Å². The molecule has 0 aliphatic heterocycles. The lowest BCUT2D eigenvalue weighted by atomic mass is 10.2. The first kappa shape index (κ1) is 24.8. The summed E-state index contributed by atoms with van der Waals surface area (Å²) in [7, 11) is 1.54. The Morgan fingerprint density at radius 3 is 2.71 bits per heavy atom. The molecule has 0 aliphatic carbocycles. The van der Waals surface area contributed by atoms with Crippen molar-refractivity contribution in [2.75, 3.05) is 33.5 Å². The monoisotopic (exact) mass is 467 g/mol. The van der Waals surface area contributed by atoms with Gasteiger partial charge in [-0.25, -0.2) is 0 Å². The second kappa shape index (κ2) is 13.0. The third kappa shape index (κ3) is 7.38. The highest BCUT2D eigenvalue weighted by Gasteiger charge is 2.12. The van der Waals surface area contributed by atoms with E-state index in [0.717, 1.165) is 5.69 Å². The van der Waals surface area contributed by atoms with E-state index in [-0.39, 0.29) is 30.0 Å². The van der Waals surface area contributed by atoms with Crippen LogP contribution in [-0.2, 0) is 22.4 Å². The number of nitrogens with zero attached hydrogens (tertiary/aromatic N) is 3. The lowest BCUT2D eigenvalue weighted by Gasteiger charge is -2.12. The maximum Gasteiger partial charge on any atom is 0.273 e. The van der Waals surface area contributed by atoms with E-state index in [1.54, 1.807) is 24.4 Å². The Kier molecular flexibility index (Phi) is 9.53. The summed E-state index contributed by atoms with van der Waals surface area (Å²) in [6.07, 6.45) is 2.68. The van der Waals surface area contributed by atoms with Crippen LogP contribution < -0.4 is 20.3 Å². The number of amides is 1. The number of aromatic nitrogens is 4. The minimum atomic E-state index is -0.387. The van der Waals surface area contributed by atoms with Gasteiger partial charge in [-0.1, -0.05) is 6.07 Å². The molecule has 10 nitrogen and oxygen atoms in total. The molecule has 180 valence electrons. The highest BCUT2D eigenvalue weighted by atomic mass is 16.5. The molecule has 0 saturated carbocycles. The standard InChI is InChI=1S/C24H29N5O5/c1-3-33-14-15-34-20-9-7-17(16-21(20)32-2)23-27-24(31)19(28-29-23)8-10-22(30)26-13-11-18-6-4-5-12-25-18/h4-7,9,12,16H,3,8,10-11,13-15H2,1-2H3,(H,26,30)(H,27,29,31). The smallest absolute Gasteiger partial charge is 0.273 e. The van der Waals surface area contributed by atoms with Crippen LogP contribution in [0.3, 0.4) is 0 Å². The number of methoxy groups -OCH3 is 1. The SMILES string of the molecule is CCOCCOc1ccc(-c2nnc(CCC(=O)NCCc3ccccn3)c(=O)[nH]2)cc1OC. The van der Waals surface area contributed by atoms with Crippen molar-refractivity contribution < 1.29 is 19.0 Å². The number of aromatic amines is 1. The Labute approximate surface area is 197 Å². The summed E-state index contributed by atoms with van der Waals surface area (Å²) in [5.74, 6) is 1.20. The normalized spacial score (nSPS) is 10.6. The fourth-order valence-electron chi connectivity index (χ4n) is 3.14. The largest absolute Gasteiger partial charge is 0.493 e. The first-order valence-corrected chi connectivity index (χ1v) is 11.1. The van der Waals surface area contributed by atoms with Crippen molar-refractivity contribution in [3.63, 3.8) is 0 Å². The van der Waals surface area contributed by atoms with Crippen LogP contribution >= 0.6 is 0 Å². The molecule has 0 unspecified atom stereocenters. The molecule has 2 aromatic heterocycles. The van der Waals surface area contributed by atoms with E-state index in [9.17, 15) is 9.59 Å². The molecule has 0 atom stereocenters. The van der Waals surface area contributed by atoms with Crippen LogP contribution in [0.5, 0.6) is 11.5 Å². The molecule has 3 aromatic rings. The fraction of sp³-hybridized carbons (Fsp3) is 0.375. The molecule has 0 fully saturated rings. The van der Waals surface area contributed by atoms with Gasteiger partial charge in [-0.05, 0) is 37.3 Å².